The van der Waals surface area contributed by atoms with Crippen molar-refractivity contribution in [2.75, 3.05) is 6.61 Å². The summed E-state index contributed by atoms with van der Waals surface area (Å²) >= 11 is 0. The Hall–Kier alpha value is -1.07. The molecule has 0 radical (unpaired) electrons. The zero-order valence-corrected chi connectivity index (χ0v) is 13.3. The number of carbonyl (C=O) groups is 1. The molecule has 0 saturated heterocycles. The summed E-state index contributed by atoms with van der Waals surface area (Å²) in [6.45, 7) is 12.1. The van der Waals surface area contributed by atoms with Gasteiger partial charge in [0.1, 0.15) is 5.60 Å². The zero-order valence-electron chi connectivity index (χ0n) is 13.3. The third kappa shape index (κ3) is 5.51. The molecule has 20 heavy (non-hydrogen) atoms. The first kappa shape index (κ1) is 17.0. The van der Waals surface area contributed by atoms with Crippen molar-refractivity contribution in [2.45, 2.75) is 65.7 Å². The monoisotopic (exact) mass is 285 g/mol. The van der Waals surface area contributed by atoms with E-state index in [1.165, 1.54) is 0 Å². The van der Waals surface area contributed by atoms with Crippen molar-refractivity contribution < 1.29 is 19.5 Å². The highest BCUT2D eigenvalue weighted by molar-refractivity contribution is 5.67. The smallest absolute Gasteiger partial charge is 0.434 e. The summed E-state index contributed by atoms with van der Waals surface area (Å²) < 4.78 is 10.9. The largest absolute Gasteiger partial charge is 0.442 e. The summed E-state index contributed by atoms with van der Waals surface area (Å²) in [5, 5.41) is 10.7. The van der Waals surface area contributed by atoms with Gasteiger partial charge in [0.25, 0.3) is 0 Å². The Balaban J connectivity index is 2.59. The number of hydrogen-bond donors (Lipinski definition) is 1. The highest BCUT2D eigenvalue weighted by atomic mass is 16.6. The van der Waals surface area contributed by atoms with E-state index in [0.717, 1.165) is 0 Å². The van der Waals surface area contributed by atoms with Gasteiger partial charge in [-0.15, -0.1) is 0 Å². The lowest BCUT2D eigenvalue weighted by Gasteiger charge is -2.31. The fourth-order valence-electron chi connectivity index (χ4n) is 1.81. The van der Waals surface area contributed by atoms with Crippen LogP contribution in [0.1, 0.15) is 48.0 Å². The molecule has 0 unspecified atom stereocenters. The van der Waals surface area contributed by atoms with Crippen LogP contribution in [0.4, 0.5) is 4.79 Å². The van der Waals surface area contributed by atoms with E-state index in [0.29, 0.717) is 18.1 Å². The Labute approximate surface area is 121 Å². The molecule has 0 heterocycles. The van der Waals surface area contributed by atoms with Gasteiger partial charge < -0.3 is 9.47 Å². The van der Waals surface area contributed by atoms with Gasteiger partial charge in [-0.3, -0.25) is 5.21 Å². The molecular weight excluding hydrogens is 258 g/mol. The molecule has 0 aromatic carbocycles. The highest BCUT2D eigenvalue weighted by Gasteiger charge is 2.35. The molecule has 1 rings (SSSR count). The number of nitrogens with zero attached hydrogens (tertiary/aromatic N) is 1. The molecule has 0 bridgehead atoms. The third-order valence-corrected chi connectivity index (χ3v) is 2.69. The zero-order chi connectivity index (χ0) is 15.6. The van der Waals surface area contributed by atoms with Gasteiger partial charge in [0.2, 0.25) is 0 Å². The van der Waals surface area contributed by atoms with Crippen LogP contribution in [-0.4, -0.2) is 40.7 Å². The fourth-order valence-corrected chi connectivity index (χ4v) is 1.81. The van der Waals surface area contributed by atoms with E-state index in [-0.39, 0.29) is 11.5 Å². The van der Waals surface area contributed by atoms with Gasteiger partial charge in [0, 0.05) is 0 Å². The van der Waals surface area contributed by atoms with Crippen molar-refractivity contribution in [3.8, 4) is 0 Å². The van der Waals surface area contributed by atoms with Gasteiger partial charge in [-0.05, 0) is 32.6 Å². The molecule has 5 heteroatoms. The lowest BCUT2D eigenvalue weighted by molar-refractivity contribution is -0.144. The van der Waals surface area contributed by atoms with Gasteiger partial charge in [-0.1, -0.05) is 32.9 Å². The topological polar surface area (TPSA) is 59.0 Å². The Morgan fingerprint density at radius 2 is 1.90 bits per heavy atom. The molecule has 0 aromatic heterocycles. The predicted octanol–water partition coefficient (Wildman–Crippen LogP) is 3.37. The molecule has 0 saturated carbocycles. The number of hydrogen-bond acceptors (Lipinski definition) is 4. The first-order chi connectivity index (χ1) is 8.99. The van der Waals surface area contributed by atoms with Crippen LogP contribution in [0, 0.1) is 5.41 Å². The van der Waals surface area contributed by atoms with Crippen LogP contribution in [0.25, 0.3) is 0 Å². The van der Waals surface area contributed by atoms with E-state index in [1.54, 1.807) is 20.8 Å². The molecular formula is C15H27NO4. The minimum absolute atomic E-state index is 0.0349. The van der Waals surface area contributed by atoms with E-state index in [1.807, 2.05) is 12.2 Å². The fraction of sp³-hybridized carbons (Fsp3) is 0.800. The summed E-state index contributed by atoms with van der Waals surface area (Å²) in [6, 6.07) is -0.424. The van der Waals surface area contributed by atoms with Gasteiger partial charge in [0.05, 0.1) is 18.8 Å². The lowest BCUT2D eigenvalue weighted by atomic mass is 9.98. The summed E-state index contributed by atoms with van der Waals surface area (Å²) in [5.41, 5.74) is -0.598. The second-order valence-corrected chi connectivity index (χ2v) is 7.39. The average Bonchev–Trinajstić information content (AvgIpc) is 2.69. The maximum Gasteiger partial charge on any atom is 0.434 e. The molecule has 0 fully saturated rings. The maximum absolute atomic E-state index is 11.9. The maximum atomic E-state index is 11.9. The van der Waals surface area contributed by atoms with Gasteiger partial charge in [0.15, 0.2) is 0 Å². The molecule has 5 nitrogen and oxygen atoms in total. The molecule has 116 valence electrons. The Morgan fingerprint density at radius 1 is 1.30 bits per heavy atom. The van der Waals surface area contributed by atoms with E-state index in [9.17, 15) is 10.0 Å². The van der Waals surface area contributed by atoms with Gasteiger partial charge in [-0.25, -0.2) is 4.79 Å². The molecule has 0 spiro atoms. The van der Waals surface area contributed by atoms with Crippen molar-refractivity contribution in [3.05, 3.63) is 12.2 Å². The molecule has 0 aromatic rings. The van der Waals surface area contributed by atoms with Crippen LogP contribution >= 0.6 is 0 Å². The number of carbonyl (C=O) groups excluding carboxylic acids is 1. The van der Waals surface area contributed by atoms with Crippen molar-refractivity contribution in [1.82, 2.24) is 5.06 Å². The van der Waals surface area contributed by atoms with E-state index < -0.39 is 17.7 Å². The molecule has 1 aliphatic rings. The lowest BCUT2D eigenvalue weighted by Crippen LogP contribution is -2.46. The van der Waals surface area contributed by atoms with Gasteiger partial charge in [-0.2, -0.15) is 5.06 Å². The number of amides is 1. The van der Waals surface area contributed by atoms with E-state index in [4.69, 9.17) is 9.47 Å². The summed E-state index contributed by atoms with van der Waals surface area (Å²) in [6.07, 6.45) is 3.31. The second-order valence-electron chi connectivity index (χ2n) is 7.39. The van der Waals surface area contributed by atoms with Crippen LogP contribution in [0.15, 0.2) is 12.2 Å². The minimum Gasteiger partial charge on any atom is -0.442 e. The molecule has 1 aliphatic carbocycles. The quantitative estimate of drug-likeness (QED) is 0.490. The van der Waals surface area contributed by atoms with Crippen LogP contribution in [0.2, 0.25) is 0 Å². The summed E-state index contributed by atoms with van der Waals surface area (Å²) in [7, 11) is 0. The molecule has 1 N–H and O–H groups in total. The number of hydroxylamine groups is 2. The van der Waals surface area contributed by atoms with Crippen molar-refractivity contribution >= 4 is 6.09 Å². The Morgan fingerprint density at radius 3 is 2.40 bits per heavy atom. The third-order valence-electron chi connectivity index (χ3n) is 2.69. The first-order valence-electron chi connectivity index (χ1n) is 6.99. The van der Waals surface area contributed by atoms with Crippen LogP contribution in [-0.2, 0) is 9.47 Å². The number of rotatable bonds is 3. The van der Waals surface area contributed by atoms with Crippen molar-refractivity contribution in [3.63, 3.8) is 0 Å². The van der Waals surface area contributed by atoms with Gasteiger partial charge >= 0.3 is 6.09 Å². The summed E-state index contributed by atoms with van der Waals surface area (Å²) in [4.78, 5) is 11.9. The minimum atomic E-state index is -0.740. The van der Waals surface area contributed by atoms with Crippen molar-refractivity contribution in [1.29, 1.82) is 0 Å². The molecule has 0 aliphatic heterocycles. The molecule has 1 amide bonds. The average molecular weight is 285 g/mol. The SMILES string of the molecule is CC(C)(C)CO[C@@H]1C=CC[C@H]1N(O)C(=O)OC(C)(C)C. The Kier molecular flexibility index (Phi) is 5.21. The van der Waals surface area contributed by atoms with Crippen LogP contribution < -0.4 is 0 Å². The highest BCUT2D eigenvalue weighted by Crippen LogP contribution is 2.24. The first-order valence-corrected chi connectivity index (χ1v) is 6.99. The van der Waals surface area contributed by atoms with Crippen molar-refractivity contribution in [2.24, 2.45) is 5.41 Å². The van der Waals surface area contributed by atoms with E-state index in [2.05, 4.69) is 20.8 Å². The normalized spacial score (nSPS) is 22.9. The number of ether oxygens (including phenoxy) is 2. The Bertz CT molecular complexity index is 365. The van der Waals surface area contributed by atoms with Crippen LogP contribution in [0.3, 0.4) is 0 Å². The molecule has 2 atom stereocenters. The predicted molar refractivity (Wildman–Crippen MR) is 76.6 cm³/mol. The second kappa shape index (κ2) is 6.14. The van der Waals surface area contributed by atoms with E-state index >= 15 is 0 Å². The standard InChI is InChI=1S/C15H27NO4/c1-14(2,3)10-19-12-9-7-8-11(12)16(18)13(17)20-15(4,5)6/h7,9,11-12,18H,8,10H2,1-6H3/t11-,12-/m1/s1. The summed E-state index contributed by atoms with van der Waals surface area (Å²) in [5.74, 6) is 0. The van der Waals surface area contributed by atoms with Crippen LogP contribution in [0.5, 0.6) is 0 Å².